The molecule has 0 amide bonds. The molecule has 0 aromatic carbocycles. The van der Waals surface area contributed by atoms with Crippen molar-refractivity contribution >= 4 is 17.4 Å². The molecule has 18 heavy (non-hydrogen) atoms. The van der Waals surface area contributed by atoms with Gasteiger partial charge in [-0.2, -0.15) is 5.10 Å². The van der Waals surface area contributed by atoms with Crippen molar-refractivity contribution < 1.29 is 0 Å². The molecule has 0 saturated heterocycles. The number of nitrogens with zero attached hydrogens (tertiary/aromatic N) is 3. The predicted molar refractivity (Wildman–Crippen MR) is 71.7 cm³/mol. The van der Waals surface area contributed by atoms with Gasteiger partial charge in [-0.15, -0.1) is 0 Å². The summed E-state index contributed by atoms with van der Waals surface area (Å²) in [5.74, 6) is 1.44. The SMILES string of the molecule is CC(C)(C)c1nc(Cl)cc(NCc2ccn[nH]2)n1. The zero-order chi connectivity index (χ0) is 13.2. The molecule has 2 aromatic rings. The van der Waals surface area contributed by atoms with Crippen LogP contribution in [0.2, 0.25) is 5.15 Å². The summed E-state index contributed by atoms with van der Waals surface area (Å²) in [7, 11) is 0. The third-order valence-corrected chi connectivity index (χ3v) is 2.58. The van der Waals surface area contributed by atoms with Gasteiger partial charge in [0.15, 0.2) is 0 Å². The quantitative estimate of drug-likeness (QED) is 0.838. The van der Waals surface area contributed by atoms with Crippen LogP contribution in [-0.4, -0.2) is 20.2 Å². The fourth-order valence-corrected chi connectivity index (χ4v) is 1.60. The molecule has 0 spiro atoms. The van der Waals surface area contributed by atoms with Gasteiger partial charge >= 0.3 is 0 Å². The van der Waals surface area contributed by atoms with E-state index in [2.05, 4.69) is 46.3 Å². The van der Waals surface area contributed by atoms with Crippen molar-refractivity contribution in [3.63, 3.8) is 0 Å². The smallest absolute Gasteiger partial charge is 0.137 e. The van der Waals surface area contributed by atoms with E-state index < -0.39 is 0 Å². The van der Waals surface area contributed by atoms with Gasteiger partial charge in [0.25, 0.3) is 0 Å². The van der Waals surface area contributed by atoms with Gasteiger partial charge in [-0.05, 0) is 6.07 Å². The van der Waals surface area contributed by atoms with Gasteiger partial charge in [-0.1, -0.05) is 32.4 Å². The van der Waals surface area contributed by atoms with Crippen LogP contribution in [0.5, 0.6) is 0 Å². The normalized spacial score (nSPS) is 11.6. The second-order valence-corrected chi connectivity index (χ2v) is 5.47. The van der Waals surface area contributed by atoms with Crippen LogP contribution in [0, 0.1) is 0 Å². The zero-order valence-electron chi connectivity index (χ0n) is 10.7. The second kappa shape index (κ2) is 4.94. The van der Waals surface area contributed by atoms with Gasteiger partial charge in [0.2, 0.25) is 0 Å². The number of aromatic amines is 1. The van der Waals surface area contributed by atoms with E-state index in [1.807, 2.05) is 6.07 Å². The summed E-state index contributed by atoms with van der Waals surface area (Å²) in [5.41, 5.74) is 0.858. The molecule has 0 aliphatic heterocycles. The third kappa shape index (κ3) is 3.20. The van der Waals surface area contributed by atoms with Gasteiger partial charge in [-0.25, -0.2) is 9.97 Å². The second-order valence-electron chi connectivity index (χ2n) is 5.08. The average molecular weight is 266 g/mol. The lowest BCUT2D eigenvalue weighted by Gasteiger charge is -2.17. The van der Waals surface area contributed by atoms with Crippen molar-refractivity contribution in [1.29, 1.82) is 0 Å². The number of nitrogens with one attached hydrogen (secondary N) is 2. The highest BCUT2D eigenvalue weighted by atomic mass is 35.5. The van der Waals surface area contributed by atoms with E-state index in [-0.39, 0.29) is 5.41 Å². The van der Waals surface area contributed by atoms with Crippen LogP contribution in [-0.2, 0) is 12.0 Å². The van der Waals surface area contributed by atoms with Crippen LogP contribution in [0.25, 0.3) is 0 Å². The minimum atomic E-state index is -0.130. The predicted octanol–water partition coefficient (Wildman–Crippen LogP) is 2.76. The Morgan fingerprint density at radius 1 is 1.33 bits per heavy atom. The topological polar surface area (TPSA) is 66.5 Å². The van der Waals surface area contributed by atoms with Crippen LogP contribution in [0.3, 0.4) is 0 Å². The summed E-state index contributed by atoms with van der Waals surface area (Å²) in [5, 5.41) is 10.4. The van der Waals surface area contributed by atoms with Gasteiger partial charge < -0.3 is 5.32 Å². The lowest BCUT2D eigenvalue weighted by atomic mass is 9.96. The van der Waals surface area contributed by atoms with Crippen LogP contribution in [0.4, 0.5) is 5.82 Å². The number of hydrogen-bond acceptors (Lipinski definition) is 4. The Labute approximate surface area is 111 Å². The van der Waals surface area contributed by atoms with Gasteiger partial charge in [0.05, 0.1) is 12.2 Å². The third-order valence-electron chi connectivity index (χ3n) is 2.38. The number of H-pyrrole nitrogens is 1. The molecule has 0 radical (unpaired) electrons. The molecule has 0 unspecified atom stereocenters. The molecule has 6 heteroatoms. The first-order chi connectivity index (χ1) is 8.45. The van der Waals surface area contributed by atoms with Crippen molar-refractivity contribution in [3.05, 3.63) is 35.0 Å². The maximum atomic E-state index is 6.01. The highest BCUT2D eigenvalue weighted by Gasteiger charge is 2.18. The van der Waals surface area contributed by atoms with Crippen LogP contribution in [0.15, 0.2) is 18.3 Å². The molecular formula is C12H16ClN5. The summed E-state index contributed by atoms with van der Waals surface area (Å²) in [6, 6.07) is 3.62. The number of hydrogen-bond donors (Lipinski definition) is 2. The zero-order valence-corrected chi connectivity index (χ0v) is 11.4. The molecule has 0 aliphatic rings. The summed E-state index contributed by atoms with van der Waals surface area (Å²) in [6.45, 7) is 6.78. The Balaban J connectivity index is 2.15. The van der Waals surface area contributed by atoms with E-state index in [9.17, 15) is 0 Å². The average Bonchev–Trinajstić information content (AvgIpc) is 2.77. The Hall–Kier alpha value is -1.62. The first kappa shape index (κ1) is 12.8. The van der Waals surface area contributed by atoms with Crippen LogP contribution in [0.1, 0.15) is 32.3 Å². The minimum absolute atomic E-state index is 0.130. The van der Waals surface area contributed by atoms with E-state index in [4.69, 9.17) is 11.6 Å². The highest BCUT2D eigenvalue weighted by molar-refractivity contribution is 6.29. The van der Waals surface area contributed by atoms with Crippen molar-refractivity contribution in [2.75, 3.05) is 5.32 Å². The van der Waals surface area contributed by atoms with Crippen molar-refractivity contribution in [2.45, 2.75) is 32.7 Å². The number of halogens is 1. The largest absolute Gasteiger partial charge is 0.364 e. The number of anilines is 1. The van der Waals surface area contributed by atoms with Crippen LogP contribution < -0.4 is 5.32 Å². The Bertz CT molecular complexity index is 516. The summed E-state index contributed by atoms with van der Waals surface area (Å²) in [4.78, 5) is 8.71. The molecule has 0 aliphatic carbocycles. The van der Waals surface area contributed by atoms with Gasteiger partial charge in [0, 0.05) is 17.7 Å². The molecule has 2 N–H and O–H groups in total. The van der Waals surface area contributed by atoms with Gasteiger partial charge in [-0.3, -0.25) is 5.10 Å². The molecule has 0 saturated carbocycles. The maximum absolute atomic E-state index is 6.01. The molecule has 5 nitrogen and oxygen atoms in total. The lowest BCUT2D eigenvalue weighted by molar-refractivity contribution is 0.546. The summed E-state index contributed by atoms with van der Waals surface area (Å²) in [6.07, 6.45) is 1.71. The van der Waals surface area contributed by atoms with E-state index in [1.165, 1.54) is 0 Å². The Morgan fingerprint density at radius 2 is 2.11 bits per heavy atom. The van der Waals surface area contributed by atoms with Crippen molar-refractivity contribution in [2.24, 2.45) is 0 Å². The minimum Gasteiger partial charge on any atom is -0.364 e. The van der Waals surface area contributed by atoms with E-state index in [1.54, 1.807) is 12.3 Å². The fourth-order valence-electron chi connectivity index (χ4n) is 1.41. The van der Waals surface area contributed by atoms with Crippen molar-refractivity contribution in [1.82, 2.24) is 20.2 Å². The first-order valence-electron chi connectivity index (χ1n) is 5.72. The standard InChI is InChI=1S/C12H16ClN5/c1-12(2,3)11-16-9(13)6-10(17-11)14-7-8-4-5-15-18-8/h4-6H,7H2,1-3H3,(H,15,18)(H,14,16,17). The highest BCUT2D eigenvalue weighted by Crippen LogP contribution is 2.22. The molecule has 96 valence electrons. The van der Waals surface area contributed by atoms with E-state index in [0.29, 0.717) is 11.7 Å². The molecule has 0 bridgehead atoms. The molecule has 2 aromatic heterocycles. The molecule has 2 rings (SSSR count). The summed E-state index contributed by atoms with van der Waals surface area (Å²) < 4.78 is 0. The first-order valence-corrected chi connectivity index (χ1v) is 6.10. The number of aromatic nitrogens is 4. The van der Waals surface area contributed by atoms with E-state index in [0.717, 1.165) is 17.3 Å². The van der Waals surface area contributed by atoms with E-state index >= 15 is 0 Å². The lowest BCUT2D eigenvalue weighted by Crippen LogP contribution is -2.17. The number of rotatable bonds is 3. The fraction of sp³-hybridized carbons (Fsp3) is 0.417. The van der Waals surface area contributed by atoms with Crippen molar-refractivity contribution in [3.8, 4) is 0 Å². The molecule has 0 fully saturated rings. The molecule has 0 atom stereocenters. The van der Waals surface area contributed by atoms with Crippen LogP contribution >= 0.6 is 11.6 Å². The Kier molecular flexibility index (Phi) is 3.52. The Morgan fingerprint density at radius 3 is 2.72 bits per heavy atom. The molecular weight excluding hydrogens is 250 g/mol. The maximum Gasteiger partial charge on any atom is 0.137 e. The molecule has 2 heterocycles. The monoisotopic (exact) mass is 265 g/mol. The summed E-state index contributed by atoms with van der Waals surface area (Å²) >= 11 is 6.01. The van der Waals surface area contributed by atoms with Gasteiger partial charge in [0.1, 0.15) is 16.8 Å².